The summed E-state index contributed by atoms with van der Waals surface area (Å²) in [5.41, 5.74) is -0.0789. The first-order valence-electron chi connectivity index (χ1n) is 7.87. The molecule has 0 radical (unpaired) electrons. The van der Waals surface area contributed by atoms with Gasteiger partial charge in [0, 0.05) is 49.3 Å². The highest BCUT2D eigenvalue weighted by molar-refractivity contribution is 5.74. The molecule has 0 bridgehead atoms. The minimum atomic E-state index is -2.61. The van der Waals surface area contributed by atoms with Crippen LogP contribution in [0.2, 0.25) is 0 Å². The van der Waals surface area contributed by atoms with Crippen LogP contribution in [0.25, 0.3) is 0 Å². The molecule has 3 atom stereocenters. The summed E-state index contributed by atoms with van der Waals surface area (Å²) in [5, 5.41) is 5.70. The van der Waals surface area contributed by atoms with Crippen molar-refractivity contribution in [3.63, 3.8) is 0 Å². The predicted octanol–water partition coefficient (Wildman–Crippen LogP) is 1.93. The van der Waals surface area contributed by atoms with Crippen LogP contribution < -0.4 is 10.6 Å². The van der Waals surface area contributed by atoms with Gasteiger partial charge in [0.25, 0.3) is 0 Å². The van der Waals surface area contributed by atoms with Crippen molar-refractivity contribution in [2.24, 2.45) is 11.3 Å². The number of urea groups is 1. The van der Waals surface area contributed by atoms with Gasteiger partial charge in [-0.3, -0.25) is 4.57 Å². The second kappa shape index (κ2) is 6.07. The summed E-state index contributed by atoms with van der Waals surface area (Å²) in [5.74, 6) is 0.627. The zero-order valence-electron chi connectivity index (χ0n) is 13.3. The maximum atomic E-state index is 12.7. The molecule has 0 aromatic carbocycles. The van der Waals surface area contributed by atoms with E-state index in [1.165, 1.54) is 12.4 Å². The first kappa shape index (κ1) is 16.2. The quantitative estimate of drug-likeness (QED) is 0.868. The fourth-order valence-electron chi connectivity index (χ4n) is 3.81. The SMILES string of the molecule is CC1(C)[C@H](NC(=O)NCCc2nccn2C(F)F)[C@@H]2CCO[C@@H]21. The maximum Gasteiger partial charge on any atom is 0.319 e. The van der Waals surface area contributed by atoms with Crippen LogP contribution in [0.4, 0.5) is 13.6 Å². The van der Waals surface area contributed by atoms with Crippen molar-refractivity contribution in [1.29, 1.82) is 0 Å². The van der Waals surface area contributed by atoms with Crippen LogP contribution >= 0.6 is 0 Å². The maximum absolute atomic E-state index is 12.7. The summed E-state index contributed by atoms with van der Waals surface area (Å²) in [6.45, 7) is 2.56. The lowest BCUT2D eigenvalue weighted by atomic mass is 9.57. The first-order chi connectivity index (χ1) is 10.9. The number of hydrogen-bond acceptors (Lipinski definition) is 3. The second-order valence-corrected chi connectivity index (χ2v) is 6.72. The molecule has 1 saturated heterocycles. The molecule has 2 amide bonds. The van der Waals surface area contributed by atoms with Crippen molar-refractivity contribution in [3.05, 3.63) is 18.2 Å². The van der Waals surface area contributed by atoms with E-state index in [2.05, 4.69) is 29.5 Å². The van der Waals surface area contributed by atoms with E-state index < -0.39 is 6.55 Å². The van der Waals surface area contributed by atoms with E-state index in [4.69, 9.17) is 4.74 Å². The minimum Gasteiger partial charge on any atom is -0.377 e. The third-order valence-corrected chi connectivity index (χ3v) is 4.98. The number of ether oxygens (including phenoxy) is 1. The van der Waals surface area contributed by atoms with Gasteiger partial charge in [0.05, 0.1) is 6.10 Å². The Morgan fingerprint density at radius 1 is 1.57 bits per heavy atom. The third-order valence-electron chi connectivity index (χ3n) is 4.98. The molecule has 128 valence electrons. The summed E-state index contributed by atoms with van der Waals surface area (Å²) in [6.07, 6.45) is 4.00. The summed E-state index contributed by atoms with van der Waals surface area (Å²) in [4.78, 5) is 15.9. The van der Waals surface area contributed by atoms with Gasteiger partial charge in [-0.1, -0.05) is 13.8 Å². The summed E-state index contributed by atoms with van der Waals surface area (Å²) in [6, 6.07) is -0.193. The molecular weight excluding hydrogens is 306 g/mol. The Morgan fingerprint density at radius 3 is 3.09 bits per heavy atom. The highest BCUT2D eigenvalue weighted by Crippen LogP contribution is 2.51. The van der Waals surface area contributed by atoms with E-state index >= 15 is 0 Å². The first-order valence-corrected chi connectivity index (χ1v) is 7.87. The van der Waals surface area contributed by atoms with Gasteiger partial charge in [-0.25, -0.2) is 9.78 Å². The average Bonchev–Trinajstić information content (AvgIpc) is 3.12. The van der Waals surface area contributed by atoms with Crippen LogP contribution in [0.1, 0.15) is 32.6 Å². The number of halogens is 2. The van der Waals surface area contributed by atoms with Gasteiger partial charge in [-0.2, -0.15) is 8.78 Å². The number of aromatic nitrogens is 2. The highest BCUT2D eigenvalue weighted by Gasteiger charge is 2.59. The summed E-state index contributed by atoms with van der Waals surface area (Å²) in [7, 11) is 0. The molecule has 8 heteroatoms. The van der Waals surface area contributed by atoms with Gasteiger partial charge in [0.2, 0.25) is 0 Å². The molecule has 2 fully saturated rings. The average molecular weight is 328 g/mol. The number of nitrogens with zero attached hydrogens (tertiary/aromatic N) is 2. The number of alkyl halides is 2. The van der Waals surface area contributed by atoms with E-state index in [0.717, 1.165) is 17.6 Å². The molecular formula is C15H22F2N4O2. The van der Waals surface area contributed by atoms with Crippen molar-refractivity contribution in [1.82, 2.24) is 20.2 Å². The van der Waals surface area contributed by atoms with E-state index in [1.807, 2.05) is 0 Å². The predicted molar refractivity (Wildman–Crippen MR) is 79.1 cm³/mol. The van der Waals surface area contributed by atoms with E-state index in [-0.39, 0.29) is 42.4 Å². The second-order valence-electron chi connectivity index (χ2n) is 6.72. The zero-order chi connectivity index (χ0) is 16.6. The van der Waals surface area contributed by atoms with Crippen LogP contribution in [0.5, 0.6) is 0 Å². The number of fused-ring (bicyclic) bond motifs is 1. The van der Waals surface area contributed by atoms with E-state index in [9.17, 15) is 13.6 Å². The Balaban J connectivity index is 1.46. The van der Waals surface area contributed by atoms with Crippen LogP contribution in [0.3, 0.4) is 0 Å². The fourth-order valence-corrected chi connectivity index (χ4v) is 3.81. The monoisotopic (exact) mass is 328 g/mol. The fraction of sp³-hybridized carbons (Fsp3) is 0.733. The molecule has 1 aromatic rings. The van der Waals surface area contributed by atoms with Crippen LogP contribution in [0.15, 0.2) is 12.4 Å². The van der Waals surface area contributed by atoms with Crippen molar-refractivity contribution < 1.29 is 18.3 Å². The zero-order valence-corrected chi connectivity index (χ0v) is 13.3. The summed E-state index contributed by atoms with van der Waals surface area (Å²) < 4.78 is 31.9. The van der Waals surface area contributed by atoms with Crippen LogP contribution in [-0.2, 0) is 11.2 Å². The van der Waals surface area contributed by atoms with Crippen molar-refractivity contribution in [3.8, 4) is 0 Å². The van der Waals surface area contributed by atoms with E-state index in [1.54, 1.807) is 0 Å². The Kier molecular flexibility index (Phi) is 4.27. The Hall–Kier alpha value is -1.70. The molecule has 23 heavy (non-hydrogen) atoms. The molecule has 0 unspecified atom stereocenters. The van der Waals surface area contributed by atoms with Crippen molar-refractivity contribution in [2.75, 3.05) is 13.2 Å². The highest BCUT2D eigenvalue weighted by atomic mass is 19.3. The number of imidazole rings is 1. The molecule has 3 rings (SSSR count). The molecule has 2 heterocycles. The number of nitrogens with one attached hydrogen (secondary N) is 2. The summed E-state index contributed by atoms with van der Waals surface area (Å²) >= 11 is 0. The molecule has 2 N–H and O–H groups in total. The lowest BCUT2D eigenvalue weighted by Gasteiger charge is -2.54. The van der Waals surface area contributed by atoms with E-state index in [0.29, 0.717) is 5.92 Å². The van der Waals surface area contributed by atoms with Gasteiger partial charge in [-0.15, -0.1) is 0 Å². The van der Waals surface area contributed by atoms with Gasteiger partial charge >= 0.3 is 12.6 Å². The standard InChI is InChI=1S/C15H22F2N4O2/c1-15(2)11(9-4-8-23-12(9)15)20-14(22)19-5-3-10-18-6-7-21(10)13(16)17/h6-7,9,11-13H,3-5,8H2,1-2H3,(H2,19,20,22)/t9-,11+,12-/m0/s1. The molecule has 1 aliphatic heterocycles. The molecule has 6 nitrogen and oxygen atoms in total. The molecule has 1 aliphatic carbocycles. The lowest BCUT2D eigenvalue weighted by molar-refractivity contribution is -0.108. The topological polar surface area (TPSA) is 68.2 Å². The number of carbonyl (C=O) groups is 1. The molecule has 1 aromatic heterocycles. The van der Waals surface area contributed by atoms with Gasteiger partial charge in [0.15, 0.2) is 0 Å². The Bertz CT molecular complexity index is 576. The van der Waals surface area contributed by atoms with Gasteiger partial charge < -0.3 is 15.4 Å². The number of carbonyl (C=O) groups excluding carboxylic acids is 1. The number of amides is 2. The molecule has 0 spiro atoms. The van der Waals surface area contributed by atoms with Crippen LogP contribution in [-0.4, -0.2) is 40.9 Å². The van der Waals surface area contributed by atoms with Gasteiger partial charge in [0.1, 0.15) is 5.82 Å². The van der Waals surface area contributed by atoms with Crippen LogP contribution in [0, 0.1) is 11.3 Å². The Labute approximate surface area is 133 Å². The Morgan fingerprint density at radius 2 is 2.35 bits per heavy atom. The number of hydrogen-bond donors (Lipinski definition) is 2. The van der Waals surface area contributed by atoms with Crippen molar-refractivity contribution >= 4 is 6.03 Å². The molecule has 1 saturated carbocycles. The van der Waals surface area contributed by atoms with Gasteiger partial charge in [-0.05, 0) is 6.42 Å². The number of rotatable bonds is 5. The third kappa shape index (κ3) is 2.91. The van der Waals surface area contributed by atoms with Crippen molar-refractivity contribution in [2.45, 2.75) is 45.4 Å². The lowest BCUT2D eigenvalue weighted by Crippen LogP contribution is -2.67. The molecule has 2 aliphatic rings. The normalized spacial score (nSPS) is 28.3. The smallest absolute Gasteiger partial charge is 0.319 e. The largest absolute Gasteiger partial charge is 0.377 e. The minimum absolute atomic E-state index is 0.0789.